The number of hydrogen-bond acceptors (Lipinski definition) is 3. The number of hydrogen-bond donors (Lipinski definition) is 2. The molecule has 2 aromatic rings. The Balaban J connectivity index is 1.95. The van der Waals surface area contributed by atoms with Gasteiger partial charge < -0.3 is 15.2 Å². The molecule has 4 nitrogen and oxygen atoms in total. The Morgan fingerprint density at radius 2 is 2.06 bits per heavy atom. The van der Waals surface area contributed by atoms with Crippen molar-refractivity contribution in [1.82, 2.24) is 9.97 Å². The summed E-state index contributed by atoms with van der Waals surface area (Å²) in [6.45, 7) is 7.07. The highest BCUT2D eigenvalue weighted by atomic mass is 15.2. The molecule has 0 saturated heterocycles. The molecule has 2 N–H and O–H groups in total. The lowest BCUT2D eigenvalue weighted by molar-refractivity contribution is 0.846. The van der Waals surface area contributed by atoms with E-state index in [4.69, 9.17) is 0 Å². The maximum Gasteiger partial charge on any atom is 0.128 e. The molecule has 0 radical (unpaired) electrons. The minimum absolute atomic E-state index is 0.815. The van der Waals surface area contributed by atoms with Crippen molar-refractivity contribution in [3.8, 4) is 0 Å². The van der Waals surface area contributed by atoms with Crippen LogP contribution in [0, 0.1) is 0 Å². The van der Waals surface area contributed by atoms with Crippen LogP contribution in [0.3, 0.4) is 0 Å². The van der Waals surface area contributed by atoms with Gasteiger partial charge in [-0.2, -0.15) is 0 Å². The van der Waals surface area contributed by atoms with Gasteiger partial charge in [-0.25, -0.2) is 4.98 Å². The molecule has 2 rings (SSSR count). The molecule has 0 aromatic carbocycles. The zero-order chi connectivity index (χ0) is 12.8. The molecule has 2 aromatic heterocycles. The first-order chi connectivity index (χ1) is 8.83. The van der Waals surface area contributed by atoms with Gasteiger partial charge >= 0.3 is 0 Å². The molecule has 0 fully saturated rings. The van der Waals surface area contributed by atoms with Crippen LogP contribution >= 0.6 is 0 Å². The molecule has 96 valence electrons. The summed E-state index contributed by atoms with van der Waals surface area (Å²) in [7, 11) is 0. The van der Waals surface area contributed by atoms with Crippen LogP contribution in [0.2, 0.25) is 0 Å². The van der Waals surface area contributed by atoms with Crippen molar-refractivity contribution in [3.63, 3.8) is 0 Å². The highest BCUT2D eigenvalue weighted by Gasteiger charge is 2.02. The van der Waals surface area contributed by atoms with E-state index < -0.39 is 0 Å². The van der Waals surface area contributed by atoms with Crippen molar-refractivity contribution in [1.29, 1.82) is 0 Å². The molecular weight excluding hydrogens is 224 g/mol. The van der Waals surface area contributed by atoms with E-state index >= 15 is 0 Å². The Hall–Kier alpha value is -1.97. The summed E-state index contributed by atoms with van der Waals surface area (Å²) in [4.78, 5) is 9.75. The second kappa shape index (κ2) is 6.10. The fourth-order valence-corrected chi connectivity index (χ4v) is 1.90. The van der Waals surface area contributed by atoms with Gasteiger partial charge in [-0.15, -0.1) is 0 Å². The molecule has 18 heavy (non-hydrogen) atoms. The van der Waals surface area contributed by atoms with E-state index in [1.807, 2.05) is 18.6 Å². The van der Waals surface area contributed by atoms with Crippen LogP contribution in [0.1, 0.15) is 19.4 Å². The smallest absolute Gasteiger partial charge is 0.128 e. The van der Waals surface area contributed by atoms with E-state index in [0.717, 1.165) is 31.1 Å². The van der Waals surface area contributed by atoms with E-state index in [2.05, 4.69) is 52.2 Å². The molecule has 0 aliphatic heterocycles. The average Bonchev–Trinajstić information content (AvgIpc) is 2.92. The lowest BCUT2D eigenvalue weighted by Crippen LogP contribution is -2.22. The van der Waals surface area contributed by atoms with Gasteiger partial charge in [-0.1, -0.05) is 0 Å². The van der Waals surface area contributed by atoms with Crippen LogP contribution in [0.5, 0.6) is 0 Å². The van der Waals surface area contributed by atoms with Gasteiger partial charge in [0, 0.05) is 32.0 Å². The zero-order valence-corrected chi connectivity index (χ0v) is 11.0. The molecule has 0 atom stereocenters. The lowest BCUT2D eigenvalue weighted by atomic mass is 10.3. The number of aromatic amines is 1. The Morgan fingerprint density at radius 1 is 1.22 bits per heavy atom. The van der Waals surface area contributed by atoms with Crippen molar-refractivity contribution >= 4 is 11.5 Å². The summed E-state index contributed by atoms with van der Waals surface area (Å²) in [6, 6.07) is 6.20. The molecule has 4 heteroatoms. The number of nitrogens with one attached hydrogen (secondary N) is 2. The van der Waals surface area contributed by atoms with Crippen molar-refractivity contribution in [2.24, 2.45) is 0 Å². The molecule has 0 aliphatic carbocycles. The topological polar surface area (TPSA) is 44.0 Å². The van der Waals surface area contributed by atoms with Gasteiger partial charge in [-0.3, -0.25) is 0 Å². The number of aromatic nitrogens is 2. The second-order valence-corrected chi connectivity index (χ2v) is 4.15. The molecule has 0 saturated carbocycles. The van der Waals surface area contributed by atoms with Crippen molar-refractivity contribution in [3.05, 3.63) is 42.4 Å². The van der Waals surface area contributed by atoms with Gasteiger partial charge in [0.1, 0.15) is 5.82 Å². The monoisotopic (exact) mass is 244 g/mol. The summed E-state index contributed by atoms with van der Waals surface area (Å²) in [5, 5.41) is 3.35. The quantitative estimate of drug-likeness (QED) is 0.821. The predicted molar refractivity (Wildman–Crippen MR) is 75.9 cm³/mol. The van der Waals surface area contributed by atoms with E-state index in [-0.39, 0.29) is 0 Å². The van der Waals surface area contributed by atoms with Gasteiger partial charge in [0.05, 0.1) is 11.9 Å². The van der Waals surface area contributed by atoms with E-state index in [0.29, 0.717) is 0 Å². The summed E-state index contributed by atoms with van der Waals surface area (Å²) < 4.78 is 0. The Kier molecular flexibility index (Phi) is 4.23. The maximum absolute atomic E-state index is 4.48. The summed E-state index contributed by atoms with van der Waals surface area (Å²) >= 11 is 0. The zero-order valence-electron chi connectivity index (χ0n) is 11.0. The maximum atomic E-state index is 4.48. The largest absolute Gasteiger partial charge is 0.380 e. The van der Waals surface area contributed by atoms with Gasteiger partial charge in [0.25, 0.3) is 0 Å². The highest BCUT2D eigenvalue weighted by Crippen LogP contribution is 2.14. The predicted octanol–water partition coefficient (Wildman–Crippen LogP) is 2.87. The highest BCUT2D eigenvalue weighted by molar-refractivity contribution is 5.48. The van der Waals surface area contributed by atoms with E-state index in [1.165, 1.54) is 5.56 Å². The van der Waals surface area contributed by atoms with Crippen molar-refractivity contribution < 1.29 is 0 Å². The number of rotatable bonds is 6. The third-order valence-electron chi connectivity index (χ3n) is 2.99. The number of anilines is 2. The first-order valence-electron chi connectivity index (χ1n) is 6.40. The molecular formula is C14H20N4. The summed E-state index contributed by atoms with van der Waals surface area (Å²) in [6.07, 6.45) is 5.81. The number of H-pyrrole nitrogens is 1. The normalized spacial score (nSPS) is 10.3. The van der Waals surface area contributed by atoms with Crippen LogP contribution in [-0.4, -0.2) is 23.1 Å². The van der Waals surface area contributed by atoms with Gasteiger partial charge in [0.15, 0.2) is 0 Å². The standard InChI is InChI=1S/C14H20N4/c1-3-18(4-2)14-6-5-13(11-17-14)16-10-12-7-8-15-9-12/h5-9,11,15-16H,3-4,10H2,1-2H3. The Bertz CT molecular complexity index is 443. The molecule has 0 aliphatic rings. The van der Waals surface area contributed by atoms with E-state index in [1.54, 1.807) is 0 Å². The molecule has 0 bridgehead atoms. The first kappa shape index (κ1) is 12.5. The Morgan fingerprint density at radius 3 is 2.61 bits per heavy atom. The van der Waals surface area contributed by atoms with Crippen molar-refractivity contribution in [2.45, 2.75) is 20.4 Å². The van der Waals surface area contributed by atoms with E-state index in [9.17, 15) is 0 Å². The minimum atomic E-state index is 0.815. The fraction of sp³-hybridized carbons (Fsp3) is 0.357. The minimum Gasteiger partial charge on any atom is -0.380 e. The SMILES string of the molecule is CCN(CC)c1ccc(NCc2cc[nH]c2)cn1. The summed E-state index contributed by atoms with van der Waals surface area (Å²) in [5.41, 5.74) is 2.29. The van der Waals surface area contributed by atoms with Crippen LogP contribution in [0.4, 0.5) is 11.5 Å². The average molecular weight is 244 g/mol. The van der Waals surface area contributed by atoms with Gasteiger partial charge in [-0.05, 0) is 37.6 Å². The van der Waals surface area contributed by atoms with Crippen LogP contribution in [0.25, 0.3) is 0 Å². The van der Waals surface area contributed by atoms with Crippen LogP contribution in [-0.2, 0) is 6.54 Å². The molecule has 0 unspecified atom stereocenters. The summed E-state index contributed by atoms with van der Waals surface area (Å²) in [5.74, 6) is 1.03. The van der Waals surface area contributed by atoms with Crippen LogP contribution < -0.4 is 10.2 Å². The van der Waals surface area contributed by atoms with Crippen LogP contribution in [0.15, 0.2) is 36.8 Å². The number of nitrogens with zero attached hydrogens (tertiary/aromatic N) is 2. The number of pyridine rings is 1. The third kappa shape index (κ3) is 3.03. The molecule has 0 spiro atoms. The van der Waals surface area contributed by atoms with Crippen molar-refractivity contribution in [2.75, 3.05) is 23.3 Å². The lowest BCUT2D eigenvalue weighted by Gasteiger charge is -2.19. The second-order valence-electron chi connectivity index (χ2n) is 4.15. The molecule has 0 amide bonds. The fourth-order valence-electron chi connectivity index (χ4n) is 1.90. The van der Waals surface area contributed by atoms with Gasteiger partial charge in [0.2, 0.25) is 0 Å². The third-order valence-corrected chi connectivity index (χ3v) is 2.99. The Labute approximate surface area is 108 Å². The first-order valence-corrected chi connectivity index (χ1v) is 6.40. The molecule has 2 heterocycles.